The normalized spacial score (nSPS) is 11.6. The number of aromatic amines is 1. The van der Waals surface area contributed by atoms with Gasteiger partial charge in [-0.05, 0) is 30.3 Å². The predicted molar refractivity (Wildman–Crippen MR) is 73.9 cm³/mol. The highest BCUT2D eigenvalue weighted by Crippen LogP contribution is 2.33. The van der Waals surface area contributed by atoms with Crippen LogP contribution in [0.5, 0.6) is 11.6 Å². The van der Waals surface area contributed by atoms with E-state index < -0.39 is 17.4 Å². The molecule has 1 aromatic heterocycles. The summed E-state index contributed by atoms with van der Waals surface area (Å²) in [5.74, 6) is 0.204. The molecule has 4 nitrogen and oxygen atoms in total. The summed E-state index contributed by atoms with van der Waals surface area (Å²) >= 11 is 0. The molecule has 0 bridgehead atoms. The lowest BCUT2D eigenvalue weighted by molar-refractivity contribution is -0.137. The minimum atomic E-state index is -4.49. The van der Waals surface area contributed by atoms with Crippen molar-refractivity contribution in [1.82, 2.24) is 9.97 Å². The van der Waals surface area contributed by atoms with Crippen molar-refractivity contribution in [1.29, 1.82) is 0 Å². The number of aromatic nitrogens is 2. The molecule has 1 heterocycles. The van der Waals surface area contributed by atoms with Gasteiger partial charge in [0.25, 0.3) is 0 Å². The zero-order chi connectivity index (χ0) is 15.7. The molecule has 0 saturated carbocycles. The van der Waals surface area contributed by atoms with Crippen LogP contribution in [-0.2, 0) is 6.18 Å². The molecule has 0 amide bonds. The molecule has 0 unspecified atom stereocenters. The van der Waals surface area contributed by atoms with Gasteiger partial charge < -0.3 is 9.72 Å². The fraction of sp³-hybridized carbons (Fsp3) is 0.0667. The van der Waals surface area contributed by atoms with Crippen LogP contribution in [0.1, 0.15) is 5.56 Å². The van der Waals surface area contributed by atoms with Crippen molar-refractivity contribution in [2.75, 3.05) is 0 Å². The summed E-state index contributed by atoms with van der Waals surface area (Å²) in [6.45, 7) is 0. The number of nitrogens with one attached hydrogen (secondary N) is 1. The van der Waals surface area contributed by atoms with Crippen LogP contribution in [0, 0.1) is 0 Å². The topological polar surface area (TPSA) is 55.0 Å². The molecule has 3 aromatic rings. The zero-order valence-corrected chi connectivity index (χ0v) is 11.0. The minimum Gasteiger partial charge on any atom is -0.438 e. The van der Waals surface area contributed by atoms with Crippen LogP contribution in [0.3, 0.4) is 0 Å². The molecular formula is C15H9F3N2O2. The number of nitrogens with zero attached hydrogens (tertiary/aromatic N) is 1. The van der Waals surface area contributed by atoms with Crippen LogP contribution in [-0.4, -0.2) is 9.97 Å². The van der Waals surface area contributed by atoms with Gasteiger partial charge in [-0.25, -0.2) is 4.79 Å². The Morgan fingerprint density at radius 2 is 1.77 bits per heavy atom. The standard InChI is InChI=1S/C15H9F3N2O2/c16-15(17,18)9-6-7-12-11(8-9)13(20-14(21)19-12)22-10-4-2-1-3-5-10/h1-8H,(H,19,20,21). The molecule has 3 rings (SSSR count). The van der Waals surface area contributed by atoms with Gasteiger partial charge in [-0.1, -0.05) is 18.2 Å². The Hall–Kier alpha value is -2.83. The quantitative estimate of drug-likeness (QED) is 0.785. The number of alkyl halides is 3. The lowest BCUT2D eigenvalue weighted by atomic mass is 10.1. The fourth-order valence-corrected chi connectivity index (χ4v) is 1.98. The molecule has 0 aliphatic heterocycles. The molecule has 7 heteroatoms. The summed E-state index contributed by atoms with van der Waals surface area (Å²) in [4.78, 5) is 17.5. The van der Waals surface area contributed by atoms with E-state index in [9.17, 15) is 18.0 Å². The SMILES string of the molecule is O=c1nc(Oc2ccccc2)c2cc(C(F)(F)F)ccc2[nH]1. The van der Waals surface area contributed by atoms with Crippen molar-refractivity contribution in [3.63, 3.8) is 0 Å². The van der Waals surface area contributed by atoms with Gasteiger partial charge in [0, 0.05) is 0 Å². The van der Waals surface area contributed by atoms with E-state index in [-0.39, 0.29) is 16.8 Å². The van der Waals surface area contributed by atoms with E-state index in [4.69, 9.17) is 4.74 Å². The summed E-state index contributed by atoms with van der Waals surface area (Å²) < 4.78 is 43.9. The number of fused-ring (bicyclic) bond motifs is 1. The summed E-state index contributed by atoms with van der Waals surface area (Å²) in [5.41, 5.74) is -1.32. The molecule has 0 fully saturated rings. The van der Waals surface area contributed by atoms with Crippen molar-refractivity contribution in [2.45, 2.75) is 6.18 Å². The van der Waals surface area contributed by atoms with Crippen LogP contribution in [0.2, 0.25) is 0 Å². The molecule has 0 spiro atoms. The minimum absolute atomic E-state index is 0.0817. The molecule has 112 valence electrons. The van der Waals surface area contributed by atoms with E-state index >= 15 is 0 Å². The predicted octanol–water partition coefficient (Wildman–Crippen LogP) is 3.73. The number of ether oxygens (including phenoxy) is 1. The third-order valence-electron chi connectivity index (χ3n) is 2.98. The van der Waals surface area contributed by atoms with Crippen molar-refractivity contribution in [2.24, 2.45) is 0 Å². The number of rotatable bonds is 2. The van der Waals surface area contributed by atoms with Gasteiger partial charge in [-0.3, -0.25) is 0 Å². The number of halogens is 3. The largest absolute Gasteiger partial charge is 0.438 e. The van der Waals surface area contributed by atoms with Gasteiger partial charge in [0.05, 0.1) is 16.5 Å². The van der Waals surface area contributed by atoms with Crippen molar-refractivity contribution in [3.05, 3.63) is 64.6 Å². The fourth-order valence-electron chi connectivity index (χ4n) is 1.98. The average molecular weight is 306 g/mol. The Morgan fingerprint density at radius 3 is 2.45 bits per heavy atom. The lowest BCUT2D eigenvalue weighted by Crippen LogP contribution is -2.12. The van der Waals surface area contributed by atoms with Gasteiger partial charge in [0.15, 0.2) is 0 Å². The first-order valence-electron chi connectivity index (χ1n) is 6.28. The first-order chi connectivity index (χ1) is 10.4. The molecule has 0 aliphatic rings. The third kappa shape index (κ3) is 2.78. The van der Waals surface area contributed by atoms with E-state index in [1.807, 2.05) is 0 Å². The first kappa shape index (κ1) is 14.1. The monoisotopic (exact) mass is 306 g/mol. The van der Waals surface area contributed by atoms with Crippen LogP contribution in [0.15, 0.2) is 53.3 Å². The molecule has 0 radical (unpaired) electrons. The lowest BCUT2D eigenvalue weighted by Gasteiger charge is -2.10. The summed E-state index contributed by atoms with van der Waals surface area (Å²) in [7, 11) is 0. The maximum atomic E-state index is 12.8. The van der Waals surface area contributed by atoms with Crippen LogP contribution in [0.4, 0.5) is 13.2 Å². The number of H-pyrrole nitrogens is 1. The van der Waals surface area contributed by atoms with E-state index in [0.29, 0.717) is 5.75 Å². The Bertz CT molecular complexity index is 873. The number of hydrogen-bond acceptors (Lipinski definition) is 3. The maximum Gasteiger partial charge on any atom is 0.416 e. The molecule has 2 aromatic carbocycles. The molecule has 1 N–H and O–H groups in total. The third-order valence-corrected chi connectivity index (χ3v) is 2.98. The highest BCUT2D eigenvalue weighted by molar-refractivity contribution is 5.84. The van der Waals surface area contributed by atoms with E-state index in [1.165, 1.54) is 6.07 Å². The summed E-state index contributed by atoms with van der Waals surface area (Å²) in [5, 5.41) is 0.0817. The van der Waals surface area contributed by atoms with Gasteiger partial charge in [-0.2, -0.15) is 18.2 Å². The van der Waals surface area contributed by atoms with Gasteiger partial charge in [-0.15, -0.1) is 0 Å². The summed E-state index contributed by atoms with van der Waals surface area (Å²) in [6, 6.07) is 11.4. The molecule has 0 atom stereocenters. The van der Waals surface area contributed by atoms with E-state index in [2.05, 4.69) is 9.97 Å². The zero-order valence-electron chi connectivity index (χ0n) is 11.0. The molecule has 22 heavy (non-hydrogen) atoms. The van der Waals surface area contributed by atoms with Crippen LogP contribution >= 0.6 is 0 Å². The number of para-hydroxylation sites is 1. The van der Waals surface area contributed by atoms with E-state index in [0.717, 1.165) is 12.1 Å². The van der Waals surface area contributed by atoms with Gasteiger partial charge >= 0.3 is 11.9 Å². The Morgan fingerprint density at radius 1 is 1.05 bits per heavy atom. The average Bonchev–Trinajstić information content (AvgIpc) is 2.46. The van der Waals surface area contributed by atoms with Crippen LogP contribution < -0.4 is 10.4 Å². The molecule has 0 saturated heterocycles. The van der Waals surface area contributed by atoms with Crippen molar-refractivity contribution in [3.8, 4) is 11.6 Å². The molecule has 0 aliphatic carbocycles. The second-order valence-electron chi connectivity index (χ2n) is 4.52. The van der Waals surface area contributed by atoms with E-state index in [1.54, 1.807) is 30.3 Å². The second-order valence-corrected chi connectivity index (χ2v) is 4.52. The Balaban J connectivity index is 2.17. The Kier molecular flexibility index (Phi) is 3.32. The second kappa shape index (κ2) is 5.18. The molecular weight excluding hydrogens is 297 g/mol. The van der Waals surface area contributed by atoms with Crippen LogP contribution in [0.25, 0.3) is 10.9 Å². The van der Waals surface area contributed by atoms with Crippen molar-refractivity contribution < 1.29 is 17.9 Å². The summed E-state index contributed by atoms with van der Waals surface area (Å²) in [6.07, 6.45) is -4.49. The highest BCUT2D eigenvalue weighted by Gasteiger charge is 2.31. The maximum absolute atomic E-state index is 12.8. The van der Waals surface area contributed by atoms with Gasteiger partial charge in [0.1, 0.15) is 5.75 Å². The number of hydrogen-bond donors (Lipinski definition) is 1. The first-order valence-corrected chi connectivity index (χ1v) is 6.28. The van der Waals surface area contributed by atoms with Crippen molar-refractivity contribution >= 4 is 10.9 Å². The Labute approximate surface area is 122 Å². The van der Waals surface area contributed by atoms with Gasteiger partial charge in [0.2, 0.25) is 5.88 Å². The smallest absolute Gasteiger partial charge is 0.416 e. The highest BCUT2D eigenvalue weighted by atomic mass is 19.4. The number of benzene rings is 2.